The van der Waals surface area contributed by atoms with Crippen LogP contribution in [0.1, 0.15) is 53.7 Å². The number of carbonyl (C=O) groups is 1. The monoisotopic (exact) mass is 391 g/mol. The molecular weight excluding hydrogens is 366 g/mol. The third kappa shape index (κ3) is 4.04. The summed E-state index contributed by atoms with van der Waals surface area (Å²) in [5.74, 6) is 1.42. The Morgan fingerprint density at radius 3 is 2.83 bits per heavy atom. The van der Waals surface area contributed by atoms with Gasteiger partial charge in [0.25, 0.3) is 0 Å². The summed E-state index contributed by atoms with van der Waals surface area (Å²) in [6.07, 6.45) is 6.81. The first-order chi connectivity index (χ1) is 14.0. The Hall–Kier alpha value is -3.09. The summed E-state index contributed by atoms with van der Waals surface area (Å²) >= 11 is 0. The molecule has 1 amide bonds. The molecule has 1 fully saturated rings. The Kier molecular flexibility index (Phi) is 5.38. The lowest BCUT2D eigenvalue weighted by molar-refractivity contribution is -0.134. The molecule has 3 aromatic heterocycles. The van der Waals surface area contributed by atoms with E-state index in [1.807, 2.05) is 43.9 Å². The zero-order valence-corrected chi connectivity index (χ0v) is 17.1. The molecule has 150 valence electrons. The zero-order valence-electron chi connectivity index (χ0n) is 17.1. The molecule has 0 radical (unpaired) electrons. The molecule has 1 aliphatic heterocycles. The van der Waals surface area contributed by atoms with E-state index >= 15 is 0 Å². The van der Waals surface area contributed by atoms with Crippen LogP contribution >= 0.6 is 0 Å². The minimum Gasteiger partial charge on any atom is -0.361 e. The lowest BCUT2D eigenvalue weighted by atomic mass is 9.97. The number of hydrogen-bond acceptors (Lipinski definition) is 6. The molecule has 4 rings (SSSR count). The number of piperidine rings is 1. The van der Waals surface area contributed by atoms with Crippen molar-refractivity contribution >= 4 is 5.91 Å². The average Bonchev–Trinajstić information content (AvgIpc) is 3.06. The number of amides is 1. The minimum atomic E-state index is -0.0474. The molecule has 3 aromatic rings. The van der Waals surface area contributed by atoms with Crippen molar-refractivity contribution in [2.75, 3.05) is 6.54 Å². The van der Waals surface area contributed by atoms with E-state index in [-0.39, 0.29) is 11.9 Å². The van der Waals surface area contributed by atoms with Crippen molar-refractivity contribution in [3.05, 3.63) is 59.0 Å². The van der Waals surface area contributed by atoms with Gasteiger partial charge in [-0.1, -0.05) is 11.2 Å². The second-order valence-corrected chi connectivity index (χ2v) is 7.59. The Morgan fingerprint density at radius 1 is 1.24 bits per heavy atom. The molecule has 0 N–H and O–H groups in total. The average molecular weight is 391 g/mol. The molecule has 0 bridgehead atoms. The molecule has 1 aliphatic rings. The van der Waals surface area contributed by atoms with Crippen molar-refractivity contribution in [3.8, 4) is 11.4 Å². The summed E-state index contributed by atoms with van der Waals surface area (Å²) < 4.78 is 5.30. The molecule has 7 heteroatoms. The molecule has 1 saturated heterocycles. The maximum atomic E-state index is 13.1. The Bertz CT molecular complexity index is 996. The summed E-state index contributed by atoms with van der Waals surface area (Å²) in [5.41, 5.74) is 4.28. The highest BCUT2D eigenvalue weighted by atomic mass is 16.5. The van der Waals surface area contributed by atoms with Crippen LogP contribution in [0.3, 0.4) is 0 Å². The van der Waals surface area contributed by atoms with Gasteiger partial charge in [0.05, 0.1) is 29.4 Å². The number of likely N-dealkylation sites (tertiary alicyclic amines) is 1. The van der Waals surface area contributed by atoms with Gasteiger partial charge in [-0.25, -0.2) is 9.97 Å². The SMILES string of the molecule is Cc1cc([C@H]2CCCCN2C(=O)Cc2cccnc2)nc(-c2c(C)noc2C)n1. The lowest BCUT2D eigenvalue weighted by Gasteiger charge is -2.35. The summed E-state index contributed by atoms with van der Waals surface area (Å²) in [5, 5.41) is 4.03. The number of pyridine rings is 1. The Balaban J connectivity index is 1.66. The van der Waals surface area contributed by atoms with Crippen molar-refractivity contribution < 1.29 is 9.32 Å². The van der Waals surface area contributed by atoms with Gasteiger partial charge < -0.3 is 9.42 Å². The zero-order chi connectivity index (χ0) is 20.4. The van der Waals surface area contributed by atoms with Crippen LogP contribution in [0.5, 0.6) is 0 Å². The van der Waals surface area contributed by atoms with Gasteiger partial charge in [-0.05, 0) is 57.7 Å². The number of nitrogens with zero attached hydrogens (tertiary/aromatic N) is 5. The van der Waals surface area contributed by atoms with E-state index in [0.29, 0.717) is 18.0 Å². The molecule has 0 unspecified atom stereocenters. The van der Waals surface area contributed by atoms with Crippen molar-refractivity contribution in [2.24, 2.45) is 0 Å². The van der Waals surface area contributed by atoms with Gasteiger partial charge in [-0.15, -0.1) is 0 Å². The highest BCUT2D eigenvalue weighted by Crippen LogP contribution is 2.32. The fraction of sp³-hybridized carbons (Fsp3) is 0.409. The van der Waals surface area contributed by atoms with Gasteiger partial charge in [0.2, 0.25) is 5.91 Å². The standard InChI is InChI=1S/C22H25N5O2/c1-14-11-18(25-22(24-14)21-15(2)26-29-16(21)3)19-8-4-5-10-27(19)20(28)12-17-7-6-9-23-13-17/h6-7,9,11,13,19H,4-5,8,10,12H2,1-3H3/t19-/m1/s1. The quantitative estimate of drug-likeness (QED) is 0.673. The van der Waals surface area contributed by atoms with Crippen LogP contribution in [0, 0.1) is 20.8 Å². The van der Waals surface area contributed by atoms with Crippen LogP contribution in [0.4, 0.5) is 0 Å². The topological polar surface area (TPSA) is 85.0 Å². The Morgan fingerprint density at radius 2 is 2.10 bits per heavy atom. The smallest absolute Gasteiger partial charge is 0.227 e. The number of hydrogen-bond donors (Lipinski definition) is 0. The van der Waals surface area contributed by atoms with Gasteiger partial charge in [-0.2, -0.15) is 0 Å². The fourth-order valence-corrected chi connectivity index (χ4v) is 3.99. The first kappa shape index (κ1) is 19.2. The van der Waals surface area contributed by atoms with Gasteiger partial charge in [-0.3, -0.25) is 9.78 Å². The van der Waals surface area contributed by atoms with E-state index in [1.54, 1.807) is 12.4 Å². The van der Waals surface area contributed by atoms with Gasteiger partial charge in [0, 0.05) is 24.6 Å². The summed E-state index contributed by atoms with van der Waals surface area (Å²) in [6.45, 7) is 6.46. The molecule has 7 nitrogen and oxygen atoms in total. The Labute approximate surface area is 170 Å². The normalized spacial score (nSPS) is 16.8. The van der Waals surface area contributed by atoms with Gasteiger partial charge in [0.15, 0.2) is 5.82 Å². The molecular formula is C22H25N5O2. The second-order valence-electron chi connectivity index (χ2n) is 7.59. The van der Waals surface area contributed by atoms with E-state index in [1.165, 1.54) is 0 Å². The molecule has 1 atom stereocenters. The fourth-order valence-electron chi connectivity index (χ4n) is 3.99. The van der Waals surface area contributed by atoms with E-state index in [4.69, 9.17) is 9.51 Å². The highest BCUT2D eigenvalue weighted by Gasteiger charge is 2.30. The number of aromatic nitrogens is 4. The van der Waals surface area contributed by atoms with Crippen molar-refractivity contribution in [1.82, 2.24) is 25.0 Å². The summed E-state index contributed by atoms with van der Waals surface area (Å²) in [7, 11) is 0. The summed E-state index contributed by atoms with van der Waals surface area (Å²) in [6, 6.07) is 5.74. The molecule has 0 spiro atoms. The largest absolute Gasteiger partial charge is 0.361 e. The van der Waals surface area contributed by atoms with E-state index in [9.17, 15) is 4.79 Å². The number of rotatable bonds is 4. The van der Waals surface area contributed by atoms with E-state index < -0.39 is 0 Å². The van der Waals surface area contributed by atoms with Crippen LogP contribution in [-0.4, -0.2) is 37.5 Å². The predicted octanol–water partition coefficient (Wildman–Crippen LogP) is 3.75. The minimum absolute atomic E-state index is 0.0474. The lowest BCUT2D eigenvalue weighted by Crippen LogP contribution is -2.39. The second kappa shape index (κ2) is 8.11. The van der Waals surface area contributed by atoms with Crippen molar-refractivity contribution in [1.29, 1.82) is 0 Å². The maximum Gasteiger partial charge on any atom is 0.227 e. The molecule has 4 heterocycles. The first-order valence-corrected chi connectivity index (χ1v) is 10.00. The maximum absolute atomic E-state index is 13.1. The molecule has 0 aromatic carbocycles. The third-order valence-corrected chi connectivity index (χ3v) is 5.37. The number of aryl methyl sites for hydroxylation is 3. The van der Waals surface area contributed by atoms with Crippen molar-refractivity contribution in [3.63, 3.8) is 0 Å². The molecule has 29 heavy (non-hydrogen) atoms. The van der Waals surface area contributed by atoms with Crippen LogP contribution in [0.15, 0.2) is 35.1 Å². The van der Waals surface area contributed by atoms with Gasteiger partial charge >= 0.3 is 0 Å². The predicted molar refractivity (Wildman–Crippen MR) is 108 cm³/mol. The van der Waals surface area contributed by atoms with E-state index in [2.05, 4.69) is 15.1 Å². The van der Waals surface area contributed by atoms with Crippen LogP contribution in [0.25, 0.3) is 11.4 Å². The highest BCUT2D eigenvalue weighted by molar-refractivity contribution is 5.79. The molecule has 0 aliphatic carbocycles. The van der Waals surface area contributed by atoms with Gasteiger partial charge in [0.1, 0.15) is 5.76 Å². The van der Waals surface area contributed by atoms with Crippen LogP contribution < -0.4 is 0 Å². The summed E-state index contributed by atoms with van der Waals surface area (Å²) in [4.78, 5) is 28.6. The van der Waals surface area contributed by atoms with Crippen LogP contribution in [0.2, 0.25) is 0 Å². The van der Waals surface area contributed by atoms with Crippen molar-refractivity contribution in [2.45, 2.75) is 52.5 Å². The number of carbonyl (C=O) groups excluding carboxylic acids is 1. The third-order valence-electron chi connectivity index (χ3n) is 5.37. The first-order valence-electron chi connectivity index (χ1n) is 10.00. The van der Waals surface area contributed by atoms with E-state index in [0.717, 1.165) is 54.0 Å². The molecule has 0 saturated carbocycles. The van der Waals surface area contributed by atoms with Crippen LogP contribution in [-0.2, 0) is 11.2 Å².